The highest BCUT2D eigenvalue weighted by Gasteiger charge is 2.52. The van der Waals surface area contributed by atoms with E-state index in [4.69, 9.17) is 9.31 Å². The van der Waals surface area contributed by atoms with Crippen LogP contribution in [0.25, 0.3) is 5.69 Å². The van der Waals surface area contributed by atoms with Crippen molar-refractivity contribution in [1.29, 1.82) is 0 Å². The van der Waals surface area contributed by atoms with Crippen LogP contribution in [0, 0.1) is 0 Å². The Labute approximate surface area is 157 Å². The Hall–Kier alpha value is -2.01. The maximum absolute atomic E-state index is 13.0. The summed E-state index contributed by atoms with van der Waals surface area (Å²) in [6, 6.07) is 1.29. The smallest absolute Gasteiger partial charge is 0.399 e. The zero-order valence-electron chi connectivity index (χ0n) is 15.4. The van der Waals surface area contributed by atoms with Gasteiger partial charge in [-0.25, -0.2) is 4.68 Å². The maximum atomic E-state index is 13.0. The molecule has 1 fully saturated rings. The average Bonchev–Trinajstić information content (AvgIpc) is 3.08. The lowest BCUT2D eigenvalue weighted by Gasteiger charge is -2.32. The molecule has 4 nitrogen and oxygen atoms in total. The van der Waals surface area contributed by atoms with Gasteiger partial charge in [-0.1, -0.05) is 0 Å². The van der Waals surface area contributed by atoms with Crippen LogP contribution in [0.15, 0.2) is 30.6 Å². The molecule has 1 saturated heterocycles. The van der Waals surface area contributed by atoms with E-state index in [1.54, 1.807) is 0 Å². The first kappa shape index (κ1) is 20.7. The quantitative estimate of drug-likeness (QED) is 0.554. The molecule has 0 atom stereocenters. The summed E-state index contributed by atoms with van der Waals surface area (Å²) in [6.45, 7) is 7.28. The van der Waals surface area contributed by atoms with Gasteiger partial charge in [0.1, 0.15) is 0 Å². The van der Waals surface area contributed by atoms with Crippen LogP contribution in [-0.2, 0) is 21.7 Å². The fraction of sp³-hybridized carbons (Fsp3) is 0.471. The highest BCUT2D eigenvalue weighted by Crippen LogP contribution is 2.38. The molecule has 0 bridgehead atoms. The lowest BCUT2D eigenvalue weighted by molar-refractivity contribution is -0.143. The van der Waals surface area contributed by atoms with Gasteiger partial charge in [0.2, 0.25) is 0 Å². The van der Waals surface area contributed by atoms with Crippen LogP contribution in [0.1, 0.15) is 38.8 Å². The normalized spacial score (nSPS) is 19.3. The van der Waals surface area contributed by atoms with Gasteiger partial charge < -0.3 is 9.31 Å². The van der Waals surface area contributed by atoms with Gasteiger partial charge in [-0.05, 0) is 45.9 Å². The molecule has 0 radical (unpaired) electrons. The molecule has 1 aromatic carbocycles. The van der Waals surface area contributed by atoms with Gasteiger partial charge in [0, 0.05) is 17.9 Å². The van der Waals surface area contributed by atoms with E-state index in [1.807, 2.05) is 27.7 Å². The number of nitrogens with zero attached hydrogens (tertiary/aromatic N) is 2. The Morgan fingerprint density at radius 3 is 1.75 bits per heavy atom. The SMILES string of the molecule is CC1(C)OB(c2cnn(-c3cc(C(F)(F)F)cc(C(F)(F)F)c3)c2)OC1(C)C. The molecule has 1 aromatic heterocycles. The molecule has 0 unspecified atom stereocenters. The highest BCUT2D eigenvalue weighted by atomic mass is 19.4. The number of benzene rings is 1. The molecule has 11 heteroatoms. The first-order valence-electron chi connectivity index (χ1n) is 8.30. The molecular formula is C17H17BF6N2O2. The molecule has 0 saturated carbocycles. The second-order valence-corrected chi connectivity index (χ2v) is 7.57. The second-order valence-electron chi connectivity index (χ2n) is 7.57. The number of rotatable bonds is 2. The number of hydrogen-bond acceptors (Lipinski definition) is 3. The van der Waals surface area contributed by atoms with Crippen LogP contribution in [-0.4, -0.2) is 28.1 Å². The van der Waals surface area contributed by atoms with E-state index in [0.29, 0.717) is 17.6 Å². The van der Waals surface area contributed by atoms with Gasteiger partial charge in [0.05, 0.1) is 28.0 Å². The summed E-state index contributed by atoms with van der Waals surface area (Å²) in [4.78, 5) is 0. The van der Waals surface area contributed by atoms with Crippen molar-refractivity contribution in [1.82, 2.24) is 9.78 Å². The zero-order valence-corrected chi connectivity index (χ0v) is 15.4. The zero-order chi connectivity index (χ0) is 21.1. The van der Waals surface area contributed by atoms with Crippen molar-refractivity contribution < 1.29 is 35.7 Å². The van der Waals surface area contributed by atoms with E-state index in [1.165, 1.54) is 12.4 Å². The average molecular weight is 406 g/mol. The lowest BCUT2D eigenvalue weighted by Crippen LogP contribution is -2.41. The Bertz CT molecular complexity index is 840. The molecule has 28 heavy (non-hydrogen) atoms. The Balaban J connectivity index is 2.00. The topological polar surface area (TPSA) is 36.3 Å². The third kappa shape index (κ3) is 3.77. The summed E-state index contributed by atoms with van der Waals surface area (Å²) in [7, 11) is -0.841. The molecular weight excluding hydrogens is 389 g/mol. The molecule has 1 aliphatic rings. The Morgan fingerprint density at radius 1 is 0.857 bits per heavy atom. The van der Waals surface area contributed by atoms with E-state index in [9.17, 15) is 26.3 Å². The number of aromatic nitrogens is 2. The van der Waals surface area contributed by atoms with E-state index >= 15 is 0 Å². The van der Waals surface area contributed by atoms with E-state index < -0.39 is 41.8 Å². The second kappa shape index (κ2) is 6.25. The molecule has 2 aromatic rings. The highest BCUT2D eigenvalue weighted by molar-refractivity contribution is 6.62. The summed E-state index contributed by atoms with van der Waals surface area (Å²) in [5.41, 5.74) is -4.12. The van der Waals surface area contributed by atoms with Gasteiger partial charge in [-0.2, -0.15) is 31.4 Å². The fourth-order valence-electron chi connectivity index (χ4n) is 2.65. The van der Waals surface area contributed by atoms with Crippen molar-refractivity contribution in [2.24, 2.45) is 0 Å². The van der Waals surface area contributed by atoms with Crippen molar-refractivity contribution in [3.8, 4) is 5.69 Å². The van der Waals surface area contributed by atoms with Crippen molar-refractivity contribution in [2.45, 2.75) is 51.2 Å². The minimum atomic E-state index is -4.93. The molecule has 152 valence electrons. The number of alkyl halides is 6. The van der Waals surface area contributed by atoms with E-state index in [2.05, 4.69) is 5.10 Å². The number of halogens is 6. The van der Waals surface area contributed by atoms with Crippen LogP contribution in [0.3, 0.4) is 0 Å². The minimum Gasteiger partial charge on any atom is -0.399 e. The molecule has 3 rings (SSSR count). The van der Waals surface area contributed by atoms with E-state index in [-0.39, 0.29) is 11.8 Å². The fourth-order valence-corrected chi connectivity index (χ4v) is 2.65. The van der Waals surface area contributed by atoms with Crippen molar-refractivity contribution in [3.05, 3.63) is 41.7 Å². The summed E-state index contributed by atoms with van der Waals surface area (Å²) >= 11 is 0. The van der Waals surface area contributed by atoms with Crippen LogP contribution >= 0.6 is 0 Å². The Kier molecular flexibility index (Phi) is 4.62. The first-order chi connectivity index (χ1) is 12.6. The lowest BCUT2D eigenvalue weighted by atomic mass is 9.82. The largest absolute Gasteiger partial charge is 0.498 e. The van der Waals surface area contributed by atoms with Crippen molar-refractivity contribution >= 4 is 12.6 Å². The van der Waals surface area contributed by atoms with E-state index in [0.717, 1.165) is 4.68 Å². The van der Waals surface area contributed by atoms with Crippen molar-refractivity contribution in [3.63, 3.8) is 0 Å². The molecule has 0 N–H and O–H groups in total. The third-order valence-corrected chi connectivity index (χ3v) is 4.96. The summed E-state index contributed by atoms with van der Waals surface area (Å²) < 4.78 is 90.8. The summed E-state index contributed by atoms with van der Waals surface area (Å²) in [5, 5.41) is 3.89. The molecule has 0 spiro atoms. The van der Waals surface area contributed by atoms with Crippen LogP contribution in [0.2, 0.25) is 0 Å². The molecule has 0 amide bonds. The summed E-state index contributed by atoms with van der Waals surface area (Å²) in [5.74, 6) is 0. The summed E-state index contributed by atoms with van der Waals surface area (Å²) in [6.07, 6.45) is -7.29. The third-order valence-electron chi connectivity index (χ3n) is 4.96. The molecule has 2 heterocycles. The van der Waals surface area contributed by atoms with Gasteiger partial charge in [0.15, 0.2) is 0 Å². The standard InChI is InChI=1S/C17H17BF6N2O2/c1-14(2)15(3,4)28-18(27-14)12-8-25-26(9-12)13-6-10(16(19,20)21)5-11(7-13)17(22,23)24/h5-9H,1-4H3. The van der Waals surface area contributed by atoms with Gasteiger partial charge in [-0.3, -0.25) is 0 Å². The molecule has 1 aliphatic heterocycles. The van der Waals surface area contributed by atoms with Crippen molar-refractivity contribution in [2.75, 3.05) is 0 Å². The monoisotopic (exact) mass is 406 g/mol. The van der Waals surface area contributed by atoms with Crippen LogP contribution < -0.4 is 5.46 Å². The van der Waals surface area contributed by atoms with Crippen LogP contribution in [0.5, 0.6) is 0 Å². The van der Waals surface area contributed by atoms with Gasteiger partial charge >= 0.3 is 19.5 Å². The van der Waals surface area contributed by atoms with Crippen LogP contribution in [0.4, 0.5) is 26.3 Å². The molecule has 0 aliphatic carbocycles. The maximum Gasteiger partial charge on any atom is 0.498 e. The minimum absolute atomic E-state index is 0.0716. The van der Waals surface area contributed by atoms with Gasteiger partial charge in [0.25, 0.3) is 0 Å². The number of hydrogen-bond donors (Lipinski definition) is 0. The predicted octanol–water partition coefficient (Wildman–Crippen LogP) is 4.21. The first-order valence-corrected chi connectivity index (χ1v) is 8.30. The predicted molar refractivity (Wildman–Crippen MR) is 89.3 cm³/mol. The Morgan fingerprint density at radius 2 is 1.32 bits per heavy atom. The van der Waals surface area contributed by atoms with Gasteiger partial charge in [-0.15, -0.1) is 0 Å².